The zero-order chi connectivity index (χ0) is 18.2. The third-order valence-electron chi connectivity index (χ3n) is 4.72. The molecule has 0 amide bonds. The van der Waals surface area contributed by atoms with Gasteiger partial charge in [0.2, 0.25) is 0 Å². The number of aromatic hydroxyl groups is 1. The molecule has 4 heteroatoms. The van der Waals surface area contributed by atoms with E-state index in [1.807, 2.05) is 23.7 Å². The molecule has 0 fully saturated rings. The Morgan fingerprint density at radius 2 is 1.56 bits per heavy atom. The van der Waals surface area contributed by atoms with Crippen molar-refractivity contribution >= 4 is 22.2 Å². The normalized spacial score (nSPS) is 11.1. The molecule has 0 aliphatic rings. The van der Waals surface area contributed by atoms with Crippen molar-refractivity contribution in [3.05, 3.63) is 89.8 Å². The minimum atomic E-state index is 0.260. The molecule has 3 nitrogen and oxygen atoms in total. The van der Waals surface area contributed by atoms with Crippen molar-refractivity contribution in [2.45, 2.75) is 0 Å². The van der Waals surface area contributed by atoms with Crippen LogP contribution in [-0.2, 0) is 0 Å². The van der Waals surface area contributed by atoms with Gasteiger partial charge in [0.1, 0.15) is 5.75 Å². The summed E-state index contributed by atoms with van der Waals surface area (Å²) in [5, 5.41) is 13.0. The first-order chi connectivity index (χ1) is 13.3. The van der Waals surface area contributed by atoms with Gasteiger partial charge >= 0.3 is 0 Å². The van der Waals surface area contributed by atoms with Gasteiger partial charge in [-0.1, -0.05) is 48.5 Å². The molecule has 0 aliphatic heterocycles. The fourth-order valence-corrected chi connectivity index (χ4v) is 4.12. The number of aromatic nitrogens is 2. The van der Waals surface area contributed by atoms with Crippen LogP contribution in [0.4, 0.5) is 0 Å². The van der Waals surface area contributed by atoms with Crippen LogP contribution in [0.2, 0.25) is 0 Å². The molecule has 5 aromatic rings. The number of benzene rings is 3. The molecule has 2 aromatic heterocycles. The highest BCUT2D eigenvalue weighted by Gasteiger charge is 2.21. The third-order valence-corrected chi connectivity index (χ3v) is 5.30. The van der Waals surface area contributed by atoms with E-state index in [4.69, 9.17) is 0 Å². The van der Waals surface area contributed by atoms with E-state index >= 15 is 0 Å². The molecule has 1 N–H and O–H groups in total. The fourth-order valence-electron chi connectivity index (χ4n) is 3.57. The molecule has 2 heterocycles. The standard InChI is InChI=1S/C23H16N2OS/c26-18-12-10-17(11-13-18)25-21-9-5-4-8-19(21)22(20-14-27-15-24-20)23(25)16-6-2-1-3-7-16/h1-15,26H. The van der Waals surface area contributed by atoms with Gasteiger partial charge in [0.25, 0.3) is 0 Å². The van der Waals surface area contributed by atoms with Crippen LogP contribution in [0.1, 0.15) is 0 Å². The first kappa shape index (κ1) is 15.9. The molecular weight excluding hydrogens is 352 g/mol. The molecule has 0 bridgehead atoms. The monoisotopic (exact) mass is 368 g/mol. The zero-order valence-electron chi connectivity index (χ0n) is 14.4. The van der Waals surface area contributed by atoms with Crippen molar-refractivity contribution < 1.29 is 5.11 Å². The molecule has 0 spiro atoms. The summed E-state index contributed by atoms with van der Waals surface area (Å²) in [7, 11) is 0. The Morgan fingerprint density at radius 3 is 2.30 bits per heavy atom. The Kier molecular flexibility index (Phi) is 3.77. The van der Waals surface area contributed by atoms with Gasteiger partial charge in [-0.15, -0.1) is 11.3 Å². The number of phenols is 1. The van der Waals surface area contributed by atoms with Crippen LogP contribution < -0.4 is 0 Å². The second kappa shape index (κ2) is 6.41. The van der Waals surface area contributed by atoms with Crippen molar-refractivity contribution in [3.8, 4) is 34.0 Å². The van der Waals surface area contributed by atoms with Crippen LogP contribution in [0, 0.1) is 0 Å². The summed E-state index contributed by atoms with van der Waals surface area (Å²) in [4.78, 5) is 4.61. The molecule has 0 atom stereocenters. The van der Waals surface area contributed by atoms with Gasteiger partial charge in [0.15, 0.2) is 0 Å². The Morgan fingerprint density at radius 1 is 0.815 bits per heavy atom. The Labute approximate surface area is 160 Å². The number of hydrogen-bond acceptors (Lipinski definition) is 3. The summed E-state index contributed by atoms with van der Waals surface area (Å²) < 4.78 is 2.25. The lowest BCUT2D eigenvalue weighted by molar-refractivity contribution is 0.475. The lowest BCUT2D eigenvalue weighted by Crippen LogP contribution is -1.97. The van der Waals surface area contributed by atoms with Gasteiger partial charge in [-0.2, -0.15) is 0 Å². The van der Waals surface area contributed by atoms with Crippen LogP contribution in [0.5, 0.6) is 5.75 Å². The number of hydrogen-bond donors (Lipinski definition) is 1. The maximum atomic E-state index is 9.74. The van der Waals surface area contributed by atoms with E-state index in [0.29, 0.717) is 0 Å². The van der Waals surface area contributed by atoms with Crippen LogP contribution in [-0.4, -0.2) is 14.7 Å². The van der Waals surface area contributed by atoms with E-state index in [-0.39, 0.29) is 5.75 Å². The van der Waals surface area contributed by atoms with E-state index in [1.54, 1.807) is 23.5 Å². The van der Waals surface area contributed by atoms with Crippen molar-refractivity contribution in [2.24, 2.45) is 0 Å². The van der Waals surface area contributed by atoms with Gasteiger partial charge in [0, 0.05) is 22.0 Å². The van der Waals surface area contributed by atoms with Crippen molar-refractivity contribution in [1.29, 1.82) is 0 Å². The van der Waals surface area contributed by atoms with E-state index < -0.39 is 0 Å². The van der Waals surface area contributed by atoms with Crippen LogP contribution >= 0.6 is 11.3 Å². The number of fused-ring (bicyclic) bond motifs is 1. The van der Waals surface area contributed by atoms with E-state index in [1.165, 1.54) is 0 Å². The van der Waals surface area contributed by atoms with Crippen molar-refractivity contribution in [3.63, 3.8) is 0 Å². The highest BCUT2D eigenvalue weighted by molar-refractivity contribution is 7.07. The highest BCUT2D eigenvalue weighted by Crippen LogP contribution is 2.42. The second-order valence-corrected chi connectivity index (χ2v) is 7.05. The number of rotatable bonds is 3. The van der Waals surface area contributed by atoms with Gasteiger partial charge in [-0.3, -0.25) is 0 Å². The van der Waals surface area contributed by atoms with Gasteiger partial charge in [-0.25, -0.2) is 4.98 Å². The average Bonchev–Trinajstić information content (AvgIpc) is 3.35. The highest BCUT2D eigenvalue weighted by atomic mass is 32.1. The quantitative estimate of drug-likeness (QED) is 0.416. The number of thiazole rings is 1. The summed E-state index contributed by atoms with van der Waals surface area (Å²) in [6, 6.07) is 26.1. The van der Waals surface area contributed by atoms with Crippen LogP contribution in [0.15, 0.2) is 89.8 Å². The predicted octanol–water partition coefficient (Wildman–Crippen LogP) is 6.13. The van der Waals surface area contributed by atoms with Crippen LogP contribution in [0.3, 0.4) is 0 Å². The Bertz CT molecular complexity index is 1210. The van der Waals surface area contributed by atoms with E-state index in [2.05, 4.69) is 63.5 Å². The number of phenolic OH excluding ortho intramolecular Hbond substituents is 1. The summed E-state index contributed by atoms with van der Waals surface area (Å²) in [5.74, 6) is 0.260. The number of nitrogens with zero attached hydrogens (tertiary/aromatic N) is 2. The SMILES string of the molecule is Oc1ccc(-n2c(-c3ccccc3)c(-c3cscn3)c3ccccc32)cc1. The molecule has 130 valence electrons. The lowest BCUT2D eigenvalue weighted by Gasteiger charge is -2.13. The maximum Gasteiger partial charge on any atom is 0.115 e. The molecule has 0 saturated carbocycles. The van der Waals surface area contributed by atoms with Gasteiger partial charge in [0.05, 0.1) is 22.4 Å². The first-order valence-corrected chi connectivity index (χ1v) is 9.64. The second-order valence-electron chi connectivity index (χ2n) is 6.33. The molecule has 0 saturated heterocycles. The lowest BCUT2D eigenvalue weighted by atomic mass is 10.0. The minimum absolute atomic E-state index is 0.260. The van der Waals surface area contributed by atoms with Gasteiger partial charge in [-0.05, 0) is 35.9 Å². The van der Waals surface area contributed by atoms with E-state index in [0.717, 1.165) is 39.1 Å². The fraction of sp³-hybridized carbons (Fsp3) is 0. The van der Waals surface area contributed by atoms with E-state index in [9.17, 15) is 5.11 Å². The van der Waals surface area contributed by atoms with Crippen molar-refractivity contribution in [2.75, 3.05) is 0 Å². The minimum Gasteiger partial charge on any atom is -0.508 e. The zero-order valence-corrected chi connectivity index (χ0v) is 15.2. The smallest absolute Gasteiger partial charge is 0.115 e. The molecule has 0 radical (unpaired) electrons. The topological polar surface area (TPSA) is 38.0 Å². The third kappa shape index (κ3) is 2.62. The largest absolute Gasteiger partial charge is 0.508 e. The number of para-hydroxylation sites is 1. The average molecular weight is 368 g/mol. The summed E-state index contributed by atoms with van der Waals surface area (Å²) >= 11 is 1.60. The molecule has 3 aromatic carbocycles. The summed E-state index contributed by atoms with van der Waals surface area (Å²) in [6.07, 6.45) is 0. The van der Waals surface area contributed by atoms with Crippen LogP contribution in [0.25, 0.3) is 39.1 Å². The predicted molar refractivity (Wildman–Crippen MR) is 111 cm³/mol. The molecular formula is C23H16N2OS. The molecule has 0 aliphatic carbocycles. The molecule has 5 rings (SSSR count). The Hall–Kier alpha value is -3.37. The maximum absolute atomic E-state index is 9.74. The Balaban J connectivity index is 1.95. The molecule has 0 unspecified atom stereocenters. The van der Waals surface area contributed by atoms with Gasteiger partial charge < -0.3 is 9.67 Å². The first-order valence-electron chi connectivity index (χ1n) is 8.70. The summed E-state index contributed by atoms with van der Waals surface area (Å²) in [5.41, 5.74) is 8.34. The molecule has 27 heavy (non-hydrogen) atoms. The van der Waals surface area contributed by atoms with Crippen molar-refractivity contribution in [1.82, 2.24) is 9.55 Å². The summed E-state index contributed by atoms with van der Waals surface area (Å²) in [6.45, 7) is 0.